The van der Waals surface area contributed by atoms with Gasteiger partial charge in [-0.05, 0) is 36.1 Å². The minimum Gasteiger partial charge on any atom is -0.493 e. The van der Waals surface area contributed by atoms with Crippen LogP contribution in [0.2, 0.25) is 0 Å². The number of hydrogen-bond acceptors (Lipinski definition) is 3. The highest BCUT2D eigenvalue weighted by Crippen LogP contribution is 2.36. The molecule has 0 saturated heterocycles. The molecule has 2 nitrogen and oxygen atoms in total. The topological polar surface area (TPSA) is 21.3 Å². The van der Waals surface area contributed by atoms with Gasteiger partial charge in [-0.2, -0.15) is 0 Å². The Labute approximate surface area is 138 Å². The van der Waals surface area contributed by atoms with Gasteiger partial charge in [0, 0.05) is 33.4 Å². The second-order valence-electron chi connectivity index (χ2n) is 5.40. The maximum atomic E-state index is 5.78. The minimum absolute atomic E-state index is 0.366. The molecule has 0 amide bonds. The molecule has 1 aliphatic heterocycles. The van der Waals surface area contributed by atoms with E-state index in [1.807, 2.05) is 17.4 Å². The van der Waals surface area contributed by atoms with Crippen LogP contribution in [0.15, 0.2) is 40.2 Å². The lowest BCUT2D eigenvalue weighted by molar-refractivity contribution is 0.242. The lowest BCUT2D eigenvalue weighted by Gasteiger charge is -2.30. The van der Waals surface area contributed by atoms with Crippen molar-refractivity contribution in [1.82, 2.24) is 5.32 Å². The number of thiophene rings is 1. The van der Waals surface area contributed by atoms with Crippen LogP contribution in [0, 0.1) is 0 Å². The average molecular weight is 366 g/mol. The summed E-state index contributed by atoms with van der Waals surface area (Å²) in [6, 6.07) is 11.5. The molecular weight excluding hydrogens is 346 g/mol. The molecule has 2 heterocycles. The Bertz CT molecular complexity index is 584. The predicted molar refractivity (Wildman–Crippen MR) is 92.1 cm³/mol. The highest BCUT2D eigenvalue weighted by Gasteiger charge is 2.24. The van der Waals surface area contributed by atoms with E-state index in [0.29, 0.717) is 12.1 Å². The fourth-order valence-electron chi connectivity index (χ4n) is 2.87. The maximum absolute atomic E-state index is 5.78. The van der Waals surface area contributed by atoms with Crippen LogP contribution in [0.4, 0.5) is 0 Å². The first-order chi connectivity index (χ1) is 10.3. The molecular formula is C17H20BrNOS. The third kappa shape index (κ3) is 3.50. The van der Waals surface area contributed by atoms with Gasteiger partial charge >= 0.3 is 0 Å². The van der Waals surface area contributed by atoms with E-state index in [4.69, 9.17) is 4.74 Å². The summed E-state index contributed by atoms with van der Waals surface area (Å²) in [5, 5.41) is 6.01. The molecule has 0 bridgehead atoms. The van der Waals surface area contributed by atoms with Gasteiger partial charge in [0.2, 0.25) is 0 Å². The van der Waals surface area contributed by atoms with Crippen molar-refractivity contribution in [3.63, 3.8) is 0 Å². The Balaban J connectivity index is 1.83. The van der Waals surface area contributed by atoms with Crippen LogP contribution in [0.5, 0.6) is 5.75 Å². The normalized spacial score (nSPS) is 18.9. The highest BCUT2D eigenvalue weighted by atomic mass is 79.9. The number of halogens is 1. The molecule has 3 rings (SSSR count). The Morgan fingerprint density at radius 2 is 2.33 bits per heavy atom. The molecule has 1 aromatic heterocycles. The summed E-state index contributed by atoms with van der Waals surface area (Å²) in [6.45, 7) is 3.03. The van der Waals surface area contributed by atoms with E-state index in [9.17, 15) is 0 Å². The second-order valence-corrected chi connectivity index (χ2v) is 7.29. The van der Waals surface area contributed by atoms with Gasteiger partial charge < -0.3 is 10.1 Å². The molecule has 0 saturated carbocycles. The molecule has 2 atom stereocenters. The first kappa shape index (κ1) is 15.1. The number of rotatable bonds is 5. The zero-order chi connectivity index (χ0) is 14.7. The number of fused-ring (bicyclic) bond motifs is 1. The van der Waals surface area contributed by atoms with Gasteiger partial charge in [-0.3, -0.25) is 0 Å². The van der Waals surface area contributed by atoms with Crippen molar-refractivity contribution in [2.24, 2.45) is 0 Å². The summed E-state index contributed by atoms with van der Waals surface area (Å²) < 4.78 is 6.90. The fourth-order valence-corrected chi connectivity index (χ4v) is 4.07. The zero-order valence-corrected chi connectivity index (χ0v) is 14.5. The average Bonchev–Trinajstić information content (AvgIpc) is 3.01. The molecule has 4 heteroatoms. The van der Waals surface area contributed by atoms with Crippen molar-refractivity contribution < 1.29 is 4.74 Å². The lowest BCUT2D eigenvalue weighted by Crippen LogP contribution is -2.30. The molecule has 0 spiro atoms. The molecule has 1 N–H and O–H groups in total. The number of ether oxygens (including phenoxy) is 1. The smallest absolute Gasteiger partial charge is 0.124 e. The Kier molecular flexibility index (Phi) is 4.99. The van der Waals surface area contributed by atoms with E-state index in [2.05, 4.69) is 57.8 Å². The highest BCUT2D eigenvalue weighted by molar-refractivity contribution is 9.10. The van der Waals surface area contributed by atoms with Crippen LogP contribution >= 0.6 is 27.3 Å². The third-order valence-corrected chi connectivity index (χ3v) is 5.36. The van der Waals surface area contributed by atoms with Crippen LogP contribution in [-0.4, -0.2) is 6.61 Å². The summed E-state index contributed by atoms with van der Waals surface area (Å²) in [4.78, 5) is 1.43. The van der Waals surface area contributed by atoms with E-state index in [-0.39, 0.29) is 0 Å². The van der Waals surface area contributed by atoms with E-state index in [1.54, 1.807) is 0 Å². The first-order valence-corrected chi connectivity index (χ1v) is 9.17. The Morgan fingerprint density at radius 3 is 3.10 bits per heavy atom. The van der Waals surface area contributed by atoms with Crippen LogP contribution in [0.25, 0.3) is 0 Å². The lowest BCUT2D eigenvalue weighted by atomic mass is 9.98. The van der Waals surface area contributed by atoms with Crippen LogP contribution in [0.3, 0.4) is 0 Å². The standard InChI is InChI=1S/C17H20BrNOS/c1-2-4-15(17-5-3-10-21-17)19-14-8-9-20-16-7-6-12(18)11-13(14)16/h3,5-7,10-11,14-15,19H,2,4,8-9H2,1H3. The molecule has 0 aliphatic carbocycles. The van der Waals surface area contributed by atoms with Crippen molar-refractivity contribution in [3.8, 4) is 5.75 Å². The van der Waals surface area contributed by atoms with Crippen molar-refractivity contribution in [2.75, 3.05) is 6.61 Å². The van der Waals surface area contributed by atoms with Crippen LogP contribution in [0.1, 0.15) is 48.7 Å². The second kappa shape index (κ2) is 6.95. The van der Waals surface area contributed by atoms with Crippen molar-refractivity contribution in [1.29, 1.82) is 0 Å². The Morgan fingerprint density at radius 1 is 1.43 bits per heavy atom. The molecule has 1 aromatic carbocycles. The molecule has 2 aromatic rings. The summed E-state index contributed by atoms with van der Waals surface area (Å²) in [5.74, 6) is 1.02. The molecule has 2 unspecified atom stereocenters. The minimum atomic E-state index is 0.366. The monoisotopic (exact) mass is 365 g/mol. The van der Waals surface area contributed by atoms with Crippen LogP contribution < -0.4 is 10.1 Å². The molecule has 21 heavy (non-hydrogen) atoms. The van der Waals surface area contributed by atoms with Gasteiger partial charge in [-0.25, -0.2) is 0 Å². The van der Waals surface area contributed by atoms with Crippen molar-refractivity contribution >= 4 is 27.3 Å². The predicted octanol–water partition coefficient (Wildman–Crippen LogP) is 5.47. The molecule has 112 valence electrons. The fraction of sp³-hybridized carbons (Fsp3) is 0.412. The maximum Gasteiger partial charge on any atom is 0.124 e. The largest absolute Gasteiger partial charge is 0.493 e. The molecule has 1 aliphatic rings. The van der Waals surface area contributed by atoms with Gasteiger partial charge in [0.1, 0.15) is 5.75 Å². The van der Waals surface area contributed by atoms with E-state index in [1.165, 1.54) is 23.3 Å². The van der Waals surface area contributed by atoms with Gasteiger partial charge in [-0.15, -0.1) is 11.3 Å². The number of benzene rings is 1. The third-order valence-electron chi connectivity index (χ3n) is 3.88. The van der Waals surface area contributed by atoms with Crippen molar-refractivity contribution in [3.05, 3.63) is 50.6 Å². The van der Waals surface area contributed by atoms with E-state index in [0.717, 1.165) is 23.2 Å². The Hall–Kier alpha value is -0.840. The van der Waals surface area contributed by atoms with Crippen LogP contribution in [-0.2, 0) is 0 Å². The summed E-state index contributed by atoms with van der Waals surface area (Å²) in [7, 11) is 0. The number of hydrogen-bond donors (Lipinski definition) is 1. The molecule has 0 radical (unpaired) electrons. The summed E-state index contributed by atoms with van der Waals surface area (Å²) in [5.41, 5.74) is 1.27. The van der Waals surface area contributed by atoms with E-state index < -0.39 is 0 Å². The zero-order valence-electron chi connectivity index (χ0n) is 12.1. The van der Waals surface area contributed by atoms with Gasteiger partial charge in [0.15, 0.2) is 0 Å². The van der Waals surface area contributed by atoms with E-state index >= 15 is 0 Å². The van der Waals surface area contributed by atoms with Gasteiger partial charge in [0.25, 0.3) is 0 Å². The quantitative estimate of drug-likeness (QED) is 0.758. The van der Waals surface area contributed by atoms with Crippen molar-refractivity contribution in [2.45, 2.75) is 38.3 Å². The molecule has 0 fully saturated rings. The SMILES string of the molecule is CCCC(NC1CCOc2ccc(Br)cc21)c1cccs1. The van der Waals surface area contributed by atoms with Gasteiger partial charge in [-0.1, -0.05) is 35.3 Å². The number of nitrogens with one attached hydrogen (secondary N) is 1. The summed E-state index contributed by atoms with van der Waals surface area (Å²) >= 11 is 5.41. The summed E-state index contributed by atoms with van der Waals surface area (Å²) in [6.07, 6.45) is 3.38. The van der Waals surface area contributed by atoms with Gasteiger partial charge in [0.05, 0.1) is 6.61 Å². The first-order valence-electron chi connectivity index (χ1n) is 7.49.